The third kappa shape index (κ3) is 5.78. The molecule has 1 aromatic heterocycles. The topological polar surface area (TPSA) is 51.5 Å². The maximum absolute atomic E-state index is 11.6. The lowest BCUT2D eigenvalue weighted by Crippen LogP contribution is -2.12. The van der Waals surface area contributed by atoms with Gasteiger partial charge in [-0.15, -0.1) is 0 Å². The van der Waals surface area contributed by atoms with E-state index in [0.29, 0.717) is 13.0 Å². The fraction of sp³-hybridized carbons (Fsp3) is 0.207. The van der Waals surface area contributed by atoms with Crippen LogP contribution >= 0.6 is 15.9 Å². The summed E-state index contributed by atoms with van der Waals surface area (Å²) < 4.78 is 7.11. The third-order valence-electron chi connectivity index (χ3n) is 5.66. The summed E-state index contributed by atoms with van der Waals surface area (Å²) in [6, 6.07) is 25.9. The van der Waals surface area contributed by atoms with Crippen molar-refractivity contribution < 1.29 is 9.53 Å². The minimum atomic E-state index is 0.197. The minimum absolute atomic E-state index is 0.197. The first-order valence-corrected chi connectivity index (χ1v) is 12.3. The van der Waals surface area contributed by atoms with E-state index in [9.17, 15) is 4.79 Å². The molecule has 0 amide bonds. The first-order chi connectivity index (χ1) is 16.6. The monoisotopic (exact) mass is 514 g/mol. The minimum Gasteiger partial charge on any atom is -0.488 e. The molecular formula is C29H27BrN2O2. The predicted octanol–water partition coefficient (Wildman–Crippen LogP) is 7.89. The number of aryl methyl sites for hydroxylation is 1. The van der Waals surface area contributed by atoms with Crippen molar-refractivity contribution in [2.45, 2.75) is 39.7 Å². The quantitative estimate of drug-likeness (QED) is 0.272. The maximum Gasteiger partial charge on any atom is 0.170 e. The van der Waals surface area contributed by atoms with Crippen molar-refractivity contribution in [2.75, 3.05) is 0 Å². The number of rotatable bonds is 5. The van der Waals surface area contributed by atoms with Crippen LogP contribution in [0, 0.1) is 0 Å². The van der Waals surface area contributed by atoms with Gasteiger partial charge in [0.05, 0.1) is 11.2 Å². The SMILES string of the molecule is CCC1=Nc2ccccc2C(=O)C1.CCc1cc(OCc2ccc(Br)cc2)c2ccccc2n1. The van der Waals surface area contributed by atoms with Crippen LogP contribution in [0.3, 0.4) is 0 Å². The molecule has 0 radical (unpaired) electrons. The highest BCUT2D eigenvalue weighted by Gasteiger charge is 2.17. The molecule has 0 unspecified atom stereocenters. The zero-order chi connectivity index (χ0) is 23.9. The normalized spacial score (nSPS) is 12.4. The molecule has 0 spiro atoms. The van der Waals surface area contributed by atoms with Crippen LogP contribution in [0.5, 0.6) is 5.75 Å². The lowest BCUT2D eigenvalue weighted by atomic mass is 9.99. The third-order valence-corrected chi connectivity index (χ3v) is 6.19. The first-order valence-electron chi connectivity index (χ1n) is 11.5. The van der Waals surface area contributed by atoms with E-state index >= 15 is 0 Å². The Hall–Kier alpha value is -3.31. The van der Waals surface area contributed by atoms with Crippen LogP contribution in [-0.2, 0) is 13.0 Å². The molecule has 0 N–H and O–H groups in total. The van der Waals surface area contributed by atoms with Gasteiger partial charge in [-0.1, -0.05) is 66.2 Å². The number of aromatic nitrogens is 1. The van der Waals surface area contributed by atoms with Crippen LogP contribution in [0.4, 0.5) is 5.69 Å². The number of nitrogens with zero attached hydrogens (tertiary/aromatic N) is 2. The predicted molar refractivity (Wildman–Crippen MR) is 142 cm³/mol. The molecule has 1 aliphatic heterocycles. The van der Waals surface area contributed by atoms with Gasteiger partial charge >= 0.3 is 0 Å². The molecular weight excluding hydrogens is 488 g/mol. The Morgan fingerprint density at radius 3 is 2.41 bits per heavy atom. The van der Waals surface area contributed by atoms with Gasteiger partial charge in [0.1, 0.15) is 12.4 Å². The number of halogens is 1. The number of benzene rings is 3. The van der Waals surface area contributed by atoms with Crippen LogP contribution in [0.2, 0.25) is 0 Å². The molecule has 5 heteroatoms. The number of ketones is 1. The zero-order valence-corrected chi connectivity index (χ0v) is 21.0. The van der Waals surface area contributed by atoms with Gasteiger partial charge in [0.15, 0.2) is 5.78 Å². The summed E-state index contributed by atoms with van der Waals surface area (Å²) in [5, 5.41) is 1.06. The molecule has 5 rings (SSSR count). The number of aliphatic imine (C=N–C) groups is 1. The summed E-state index contributed by atoms with van der Waals surface area (Å²) in [7, 11) is 0. The number of carbonyl (C=O) groups excluding carboxylic acids is 1. The lowest BCUT2D eigenvalue weighted by molar-refractivity contribution is 0.0999. The van der Waals surface area contributed by atoms with Crippen LogP contribution in [0.25, 0.3) is 10.9 Å². The van der Waals surface area contributed by atoms with Gasteiger partial charge in [0, 0.05) is 39.3 Å². The average Bonchev–Trinajstić information content (AvgIpc) is 2.88. The molecule has 0 fully saturated rings. The molecule has 0 saturated carbocycles. The van der Waals surface area contributed by atoms with Gasteiger partial charge in [-0.2, -0.15) is 0 Å². The van der Waals surface area contributed by atoms with E-state index < -0.39 is 0 Å². The Morgan fingerprint density at radius 1 is 0.912 bits per heavy atom. The Labute approximate surface area is 208 Å². The number of fused-ring (bicyclic) bond motifs is 2. The molecule has 4 nitrogen and oxygen atoms in total. The van der Waals surface area contributed by atoms with Gasteiger partial charge in [0.25, 0.3) is 0 Å². The number of pyridine rings is 1. The summed E-state index contributed by atoms with van der Waals surface area (Å²) in [5.41, 5.74) is 5.78. The highest BCUT2D eigenvalue weighted by molar-refractivity contribution is 9.10. The number of para-hydroxylation sites is 2. The number of hydrogen-bond donors (Lipinski definition) is 0. The number of carbonyl (C=O) groups is 1. The average molecular weight is 515 g/mol. The highest BCUT2D eigenvalue weighted by Crippen LogP contribution is 2.27. The second kappa shape index (κ2) is 11.2. The van der Waals surface area contributed by atoms with Crippen LogP contribution in [0.15, 0.2) is 88.3 Å². The van der Waals surface area contributed by atoms with E-state index in [1.54, 1.807) is 0 Å². The van der Waals surface area contributed by atoms with Crippen molar-refractivity contribution in [1.29, 1.82) is 0 Å². The first kappa shape index (κ1) is 23.8. The van der Waals surface area contributed by atoms with Crippen molar-refractivity contribution in [3.05, 3.63) is 100 Å². The molecule has 0 atom stereocenters. The Bertz CT molecular complexity index is 1330. The molecule has 172 valence electrons. The molecule has 34 heavy (non-hydrogen) atoms. The number of Topliss-reactive ketones (excluding diaryl/α,β-unsaturated/α-hetero) is 1. The molecule has 3 aromatic carbocycles. The van der Waals surface area contributed by atoms with Crippen LogP contribution < -0.4 is 4.74 Å². The Kier molecular flexibility index (Phi) is 7.86. The van der Waals surface area contributed by atoms with Crippen molar-refractivity contribution >= 4 is 44.0 Å². The zero-order valence-electron chi connectivity index (χ0n) is 19.4. The van der Waals surface area contributed by atoms with Crippen LogP contribution in [-0.4, -0.2) is 16.5 Å². The molecule has 2 heterocycles. The summed E-state index contributed by atoms with van der Waals surface area (Å²) in [6.45, 7) is 4.69. The van der Waals surface area contributed by atoms with Crippen molar-refractivity contribution in [1.82, 2.24) is 4.98 Å². The number of hydrogen-bond acceptors (Lipinski definition) is 4. The highest BCUT2D eigenvalue weighted by atomic mass is 79.9. The summed E-state index contributed by atoms with van der Waals surface area (Å²) in [4.78, 5) is 20.6. The van der Waals surface area contributed by atoms with Crippen molar-refractivity contribution in [2.24, 2.45) is 4.99 Å². The fourth-order valence-electron chi connectivity index (χ4n) is 3.74. The standard InChI is InChI=1S/C18H16BrNO.C11H11NO/c1-2-15-11-18(16-5-3-4-6-17(16)20-15)21-12-13-7-9-14(19)10-8-13;1-2-8-7-11(13)9-5-3-4-6-10(9)12-8/h3-11H,2,12H2,1H3;3-6H,2,7H2,1H3. The van der Waals surface area contributed by atoms with E-state index in [2.05, 4.69) is 51.0 Å². The van der Waals surface area contributed by atoms with Gasteiger partial charge < -0.3 is 4.74 Å². The van der Waals surface area contributed by atoms with Gasteiger partial charge in [0.2, 0.25) is 0 Å². The van der Waals surface area contributed by atoms with E-state index in [1.807, 2.05) is 67.6 Å². The van der Waals surface area contributed by atoms with Crippen molar-refractivity contribution in [3.63, 3.8) is 0 Å². The molecule has 0 saturated heterocycles. The Balaban J connectivity index is 0.000000180. The van der Waals surface area contributed by atoms with E-state index in [1.165, 1.54) is 0 Å². The maximum atomic E-state index is 11.6. The number of ether oxygens (including phenoxy) is 1. The molecule has 4 aromatic rings. The van der Waals surface area contributed by atoms with E-state index in [4.69, 9.17) is 4.74 Å². The lowest BCUT2D eigenvalue weighted by Gasteiger charge is -2.12. The largest absolute Gasteiger partial charge is 0.488 e. The second-order valence-corrected chi connectivity index (χ2v) is 8.96. The molecule has 1 aliphatic rings. The van der Waals surface area contributed by atoms with E-state index in [0.717, 1.165) is 62.2 Å². The smallest absolute Gasteiger partial charge is 0.170 e. The summed E-state index contributed by atoms with van der Waals surface area (Å²) in [5.74, 6) is 1.10. The van der Waals surface area contributed by atoms with Gasteiger partial charge in [-0.25, -0.2) is 0 Å². The van der Waals surface area contributed by atoms with Crippen LogP contribution in [0.1, 0.15) is 48.3 Å². The molecule has 0 bridgehead atoms. The Morgan fingerprint density at radius 2 is 1.65 bits per heavy atom. The molecule has 0 aliphatic carbocycles. The van der Waals surface area contributed by atoms with Gasteiger partial charge in [-0.3, -0.25) is 14.8 Å². The second-order valence-electron chi connectivity index (χ2n) is 8.05. The van der Waals surface area contributed by atoms with E-state index in [-0.39, 0.29) is 5.78 Å². The van der Waals surface area contributed by atoms with Gasteiger partial charge in [-0.05, 0) is 54.8 Å². The fourth-order valence-corrected chi connectivity index (χ4v) is 4.00. The summed E-state index contributed by atoms with van der Waals surface area (Å²) in [6.07, 6.45) is 2.26. The van der Waals surface area contributed by atoms with Crippen molar-refractivity contribution in [3.8, 4) is 5.75 Å². The summed E-state index contributed by atoms with van der Waals surface area (Å²) >= 11 is 3.44.